The fourth-order valence-electron chi connectivity index (χ4n) is 3.50. The number of hydrogen-bond acceptors (Lipinski definition) is 1. The lowest BCUT2D eigenvalue weighted by atomic mass is 10.3. The Bertz CT molecular complexity index is 207. The summed E-state index contributed by atoms with van der Waals surface area (Å²) in [6, 6.07) is 5.83. The molecule has 0 radical (unpaired) electrons. The Morgan fingerprint density at radius 1 is 0.565 bits per heavy atom. The highest BCUT2D eigenvalue weighted by Gasteiger charge is 2.32. The summed E-state index contributed by atoms with van der Waals surface area (Å²) in [5.41, 5.74) is 0. The van der Waals surface area contributed by atoms with Crippen molar-refractivity contribution in [1.29, 1.82) is 0 Å². The predicted molar refractivity (Wildman–Crippen MR) is 113 cm³/mol. The van der Waals surface area contributed by atoms with Crippen molar-refractivity contribution >= 4 is 18.1 Å². The molecule has 0 spiro atoms. The molecule has 0 unspecified atom stereocenters. The summed E-state index contributed by atoms with van der Waals surface area (Å²) in [5.74, 6) is 0. The van der Waals surface area contributed by atoms with Crippen LogP contribution in [0.5, 0.6) is 0 Å². The summed E-state index contributed by atoms with van der Waals surface area (Å²) in [6.07, 6.45) is 16.8. The van der Waals surface area contributed by atoms with Gasteiger partial charge in [0.1, 0.15) is 9.76 Å². The Hall–Kier alpha value is 0.394. The van der Waals surface area contributed by atoms with E-state index in [1.54, 1.807) is 0 Å². The lowest BCUT2D eigenvalue weighted by molar-refractivity contribution is 0.528. The van der Waals surface area contributed by atoms with Crippen molar-refractivity contribution in [1.82, 2.24) is 0 Å². The topological polar surface area (TPSA) is 9.23 Å². The van der Waals surface area contributed by atoms with Crippen molar-refractivity contribution in [2.45, 2.75) is 129 Å². The van der Waals surface area contributed by atoms with Crippen LogP contribution in [0, 0.1) is 0 Å². The van der Waals surface area contributed by atoms with Gasteiger partial charge in [-0.3, -0.25) is 0 Å². The molecule has 0 amide bonds. The predicted octanol–water partition coefficient (Wildman–Crippen LogP) is 7.21. The summed E-state index contributed by atoms with van der Waals surface area (Å²) in [4.78, 5) is 0. The molecule has 0 aromatic rings. The molecular weight excluding hydrogens is 312 g/mol. The molecule has 1 nitrogen and oxygen atoms in total. The van der Waals surface area contributed by atoms with Crippen molar-refractivity contribution in [3.8, 4) is 0 Å². The lowest BCUT2D eigenvalue weighted by Crippen LogP contribution is -2.39. The van der Waals surface area contributed by atoms with Gasteiger partial charge in [-0.15, -0.1) is 0 Å². The van der Waals surface area contributed by atoms with E-state index in [1.807, 2.05) is 0 Å². The first kappa shape index (κ1) is 23.4. The molecule has 0 aromatic heterocycles. The van der Waals surface area contributed by atoms with Gasteiger partial charge in [-0.1, -0.05) is 105 Å². The minimum absolute atomic E-state index is 0.254. The molecule has 0 heterocycles. The molecule has 0 saturated carbocycles. The number of hydrogen-bond donors (Lipinski definition) is 0. The van der Waals surface area contributed by atoms with E-state index in [-0.39, 0.29) is 9.76 Å². The monoisotopic (exact) mass is 358 g/mol. The van der Waals surface area contributed by atoms with Gasteiger partial charge in [-0.05, 0) is 24.2 Å². The largest absolute Gasteiger partial charge is 0.460 e. The van der Waals surface area contributed by atoms with Crippen LogP contribution >= 0.6 is 0 Å². The fraction of sp³-hybridized carbons (Fsp3) is 1.00. The lowest BCUT2D eigenvalue weighted by Gasteiger charge is -2.33. The molecule has 0 bridgehead atoms. The van der Waals surface area contributed by atoms with Crippen LogP contribution in [0.1, 0.15) is 105 Å². The quantitative estimate of drug-likeness (QED) is 0.186. The van der Waals surface area contributed by atoms with Crippen LogP contribution in [-0.4, -0.2) is 18.1 Å². The van der Waals surface area contributed by atoms with Gasteiger partial charge in [0, 0.05) is 0 Å². The highest BCUT2D eigenvalue weighted by Crippen LogP contribution is 2.30. The van der Waals surface area contributed by atoms with E-state index in [0.717, 1.165) is 0 Å². The van der Waals surface area contributed by atoms with Gasteiger partial charge in [0.2, 0.25) is 0 Å². The summed E-state index contributed by atoms with van der Waals surface area (Å²) in [5, 5.41) is 0. The minimum atomic E-state index is -1.41. The Kier molecular flexibility index (Phi) is 17.5. The Morgan fingerprint density at radius 3 is 1.35 bits per heavy atom. The second-order valence-corrected chi connectivity index (χ2v) is 13.6. The van der Waals surface area contributed by atoms with Crippen LogP contribution in [0.15, 0.2) is 0 Å². The Balaban J connectivity index is 4.52. The van der Waals surface area contributed by atoms with Gasteiger partial charge in [0.15, 0.2) is 8.32 Å². The molecule has 3 heteroatoms. The smallest absolute Gasteiger partial charge is 0.179 e. The van der Waals surface area contributed by atoms with E-state index >= 15 is 0 Å². The molecule has 0 fully saturated rings. The molecule has 0 aliphatic carbocycles. The van der Waals surface area contributed by atoms with E-state index in [4.69, 9.17) is 4.12 Å². The van der Waals surface area contributed by atoms with Crippen molar-refractivity contribution in [2.24, 2.45) is 0 Å². The second kappa shape index (κ2) is 17.2. The summed E-state index contributed by atoms with van der Waals surface area (Å²) < 4.78 is 6.89. The van der Waals surface area contributed by atoms with Crippen LogP contribution in [0.4, 0.5) is 0 Å². The molecule has 0 saturated heterocycles. The molecular formula is C20H46OSi2. The van der Waals surface area contributed by atoms with Crippen LogP contribution < -0.4 is 0 Å². The van der Waals surface area contributed by atoms with Crippen molar-refractivity contribution < 1.29 is 4.12 Å². The summed E-state index contributed by atoms with van der Waals surface area (Å²) >= 11 is 0. The molecule has 0 N–H and O–H groups in total. The van der Waals surface area contributed by atoms with E-state index in [2.05, 4.69) is 27.7 Å². The molecule has 23 heavy (non-hydrogen) atoms. The third-order valence-electron chi connectivity index (χ3n) is 5.11. The maximum atomic E-state index is 6.89. The maximum Gasteiger partial charge on any atom is 0.179 e. The first-order valence-electron chi connectivity index (χ1n) is 10.9. The zero-order chi connectivity index (χ0) is 17.2. The van der Waals surface area contributed by atoms with E-state index in [9.17, 15) is 0 Å². The first-order chi connectivity index (χ1) is 11.2. The Morgan fingerprint density at radius 2 is 0.957 bits per heavy atom. The Labute approximate surface area is 151 Å². The minimum Gasteiger partial charge on any atom is -0.460 e. The van der Waals surface area contributed by atoms with Crippen molar-refractivity contribution in [2.75, 3.05) is 0 Å². The van der Waals surface area contributed by atoms with Gasteiger partial charge < -0.3 is 4.12 Å². The zero-order valence-electron chi connectivity index (χ0n) is 16.9. The second-order valence-electron chi connectivity index (χ2n) is 7.46. The molecule has 140 valence electrons. The van der Waals surface area contributed by atoms with Gasteiger partial charge in [0.05, 0.1) is 0 Å². The SMILES string of the molecule is CCCCC[SiH2]O[Si](CCCCC)(CCCCC)CCCCC. The van der Waals surface area contributed by atoms with E-state index in [1.165, 1.54) is 101 Å². The van der Waals surface area contributed by atoms with Crippen LogP contribution in [-0.2, 0) is 4.12 Å². The van der Waals surface area contributed by atoms with Gasteiger partial charge in [0.25, 0.3) is 0 Å². The molecule has 0 aromatic carbocycles. The highest BCUT2D eigenvalue weighted by molar-refractivity contribution is 6.77. The third kappa shape index (κ3) is 13.4. The summed E-state index contributed by atoms with van der Waals surface area (Å²) in [7, 11) is -1.66. The molecule has 0 atom stereocenters. The third-order valence-corrected chi connectivity index (χ3v) is 13.0. The summed E-state index contributed by atoms with van der Waals surface area (Å²) in [6.45, 7) is 9.30. The normalized spacial score (nSPS) is 12.5. The van der Waals surface area contributed by atoms with Crippen molar-refractivity contribution in [3.05, 3.63) is 0 Å². The number of unbranched alkanes of at least 4 members (excludes halogenated alkanes) is 8. The van der Waals surface area contributed by atoms with E-state index in [0.29, 0.717) is 0 Å². The van der Waals surface area contributed by atoms with Gasteiger partial charge in [-0.25, -0.2) is 0 Å². The van der Waals surface area contributed by atoms with Crippen LogP contribution in [0.2, 0.25) is 24.2 Å². The first-order valence-corrected chi connectivity index (χ1v) is 15.0. The molecule has 0 aliphatic rings. The highest BCUT2D eigenvalue weighted by atomic mass is 28.4. The van der Waals surface area contributed by atoms with Gasteiger partial charge in [-0.2, -0.15) is 0 Å². The zero-order valence-corrected chi connectivity index (χ0v) is 19.3. The maximum absolute atomic E-state index is 6.89. The van der Waals surface area contributed by atoms with Crippen molar-refractivity contribution in [3.63, 3.8) is 0 Å². The van der Waals surface area contributed by atoms with Gasteiger partial charge >= 0.3 is 0 Å². The average Bonchev–Trinajstić information content (AvgIpc) is 2.55. The molecule has 0 rings (SSSR count). The average molecular weight is 359 g/mol. The molecule has 0 aliphatic heterocycles. The standard InChI is InChI=1S/C20H46OSi2/c1-5-9-13-17-22-21-23(18-14-10-6-2,19-15-11-7-3)20-16-12-8-4/h5-20,22H2,1-4H3. The van der Waals surface area contributed by atoms with E-state index < -0.39 is 8.32 Å². The van der Waals surface area contributed by atoms with Crippen LogP contribution in [0.25, 0.3) is 0 Å². The fourth-order valence-corrected chi connectivity index (χ4v) is 11.5. The number of rotatable bonds is 18. The van der Waals surface area contributed by atoms with Crippen LogP contribution in [0.3, 0.4) is 0 Å².